The van der Waals surface area contributed by atoms with Crippen molar-refractivity contribution in [3.63, 3.8) is 0 Å². The van der Waals surface area contributed by atoms with E-state index in [0.717, 1.165) is 21.8 Å². The van der Waals surface area contributed by atoms with Gasteiger partial charge in [0.2, 0.25) is 0 Å². The second kappa shape index (κ2) is 6.43. The Morgan fingerprint density at radius 3 is 2.68 bits per heavy atom. The Kier molecular flexibility index (Phi) is 4.80. The minimum atomic E-state index is -4.42. The van der Waals surface area contributed by atoms with Crippen LogP contribution in [0.4, 0.5) is 13.2 Å². The van der Waals surface area contributed by atoms with Crippen molar-refractivity contribution in [1.29, 1.82) is 0 Å². The summed E-state index contributed by atoms with van der Waals surface area (Å²) in [4.78, 5) is 21.5. The minimum Gasteiger partial charge on any atom is -0.329 e. The maximum absolute atomic E-state index is 12.5. The van der Waals surface area contributed by atoms with Gasteiger partial charge in [-0.3, -0.25) is 9.78 Å². The molecular weight excluding hydrogens is 315 g/mol. The van der Waals surface area contributed by atoms with E-state index in [1.54, 1.807) is 31.5 Å². The molecule has 2 rings (SSSR count). The van der Waals surface area contributed by atoms with Gasteiger partial charge in [-0.2, -0.15) is 13.2 Å². The second-order valence-electron chi connectivity index (χ2n) is 4.61. The third-order valence-corrected chi connectivity index (χ3v) is 4.13. The highest BCUT2D eigenvalue weighted by Gasteiger charge is 2.33. The van der Waals surface area contributed by atoms with E-state index in [4.69, 9.17) is 0 Å². The van der Waals surface area contributed by atoms with Gasteiger partial charge in [0.1, 0.15) is 16.4 Å². The number of thiazole rings is 1. The molecule has 2 aromatic heterocycles. The molecule has 0 bridgehead atoms. The maximum Gasteiger partial charge on any atom is 0.406 e. The van der Waals surface area contributed by atoms with E-state index in [0.29, 0.717) is 10.7 Å². The zero-order valence-corrected chi connectivity index (χ0v) is 12.8. The Morgan fingerprint density at radius 1 is 1.41 bits per heavy atom. The third kappa shape index (κ3) is 3.82. The van der Waals surface area contributed by atoms with Crippen LogP contribution in [0.3, 0.4) is 0 Å². The summed E-state index contributed by atoms with van der Waals surface area (Å²) >= 11 is 1.08. The molecule has 0 atom stereocenters. The third-order valence-electron chi connectivity index (χ3n) is 2.94. The molecular formula is C14H14F3N3OS. The molecule has 0 aliphatic rings. The summed E-state index contributed by atoms with van der Waals surface area (Å²) in [6.07, 6.45) is -1.21. The summed E-state index contributed by atoms with van der Waals surface area (Å²) in [6, 6.07) is 3.52. The fourth-order valence-electron chi connectivity index (χ4n) is 1.89. The Balaban J connectivity index is 2.29. The molecule has 0 N–H and O–H groups in total. The van der Waals surface area contributed by atoms with E-state index >= 15 is 0 Å². The van der Waals surface area contributed by atoms with E-state index in [1.165, 1.54) is 6.92 Å². The van der Waals surface area contributed by atoms with Gasteiger partial charge in [0.15, 0.2) is 0 Å². The number of nitrogens with zero attached hydrogens (tertiary/aromatic N) is 3. The van der Waals surface area contributed by atoms with Crippen molar-refractivity contribution >= 4 is 17.2 Å². The molecule has 1 amide bonds. The standard InChI is InChI=1S/C14H14F3N3OS/c1-3-20(8-14(15,16)17)13(21)11-9(2)19-12(22-11)10-5-4-6-18-7-10/h4-7H,3,8H2,1-2H3. The first-order valence-corrected chi connectivity index (χ1v) is 7.37. The number of hydrogen-bond donors (Lipinski definition) is 0. The highest BCUT2D eigenvalue weighted by molar-refractivity contribution is 7.17. The zero-order chi connectivity index (χ0) is 16.3. The molecule has 0 aliphatic carbocycles. The summed E-state index contributed by atoms with van der Waals surface area (Å²) in [5.74, 6) is -0.648. The number of pyridine rings is 1. The van der Waals surface area contributed by atoms with Crippen molar-refractivity contribution in [3.8, 4) is 10.6 Å². The molecule has 2 heterocycles. The predicted octanol–water partition coefficient (Wildman–Crippen LogP) is 3.54. The molecule has 8 heteroatoms. The normalized spacial score (nSPS) is 11.5. The quantitative estimate of drug-likeness (QED) is 0.862. The Morgan fingerprint density at radius 2 is 2.14 bits per heavy atom. The van der Waals surface area contributed by atoms with Crippen LogP contribution < -0.4 is 0 Å². The van der Waals surface area contributed by atoms with Crippen LogP contribution in [0.15, 0.2) is 24.5 Å². The monoisotopic (exact) mass is 329 g/mol. The molecule has 0 saturated heterocycles. The van der Waals surface area contributed by atoms with Crippen molar-refractivity contribution in [2.24, 2.45) is 0 Å². The second-order valence-corrected chi connectivity index (χ2v) is 5.61. The van der Waals surface area contributed by atoms with Crippen LogP contribution in [0.5, 0.6) is 0 Å². The van der Waals surface area contributed by atoms with Gasteiger partial charge in [0.05, 0.1) is 5.69 Å². The topological polar surface area (TPSA) is 46.1 Å². The molecule has 118 valence electrons. The first-order chi connectivity index (χ1) is 10.3. The van der Waals surface area contributed by atoms with Crippen LogP contribution in [-0.4, -0.2) is 40.0 Å². The fraction of sp³-hybridized carbons (Fsp3) is 0.357. The summed E-state index contributed by atoms with van der Waals surface area (Å²) in [5.41, 5.74) is 1.16. The first kappa shape index (κ1) is 16.4. The van der Waals surface area contributed by atoms with Crippen molar-refractivity contribution < 1.29 is 18.0 Å². The number of aromatic nitrogens is 2. The van der Waals surface area contributed by atoms with Crippen LogP contribution in [0.1, 0.15) is 22.3 Å². The smallest absolute Gasteiger partial charge is 0.329 e. The maximum atomic E-state index is 12.5. The summed E-state index contributed by atoms with van der Waals surface area (Å²) in [6.45, 7) is 1.85. The van der Waals surface area contributed by atoms with E-state index in [2.05, 4.69) is 9.97 Å². The molecule has 22 heavy (non-hydrogen) atoms. The lowest BCUT2D eigenvalue weighted by molar-refractivity contribution is -0.140. The van der Waals surface area contributed by atoms with Crippen LogP contribution in [-0.2, 0) is 0 Å². The van der Waals surface area contributed by atoms with E-state index in [1.807, 2.05) is 0 Å². The van der Waals surface area contributed by atoms with Crippen molar-refractivity contribution in [1.82, 2.24) is 14.9 Å². The SMILES string of the molecule is CCN(CC(F)(F)F)C(=O)c1sc(-c2cccnc2)nc1C. The number of alkyl halides is 3. The molecule has 0 unspecified atom stereocenters. The highest BCUT2D eigenvalue weighted by Crippen LogP contribution is 2.29. The summed E-state index contributed by atoms with van der Waals surface area (Å²) < 4.78 is 37.6. The van der Waals surface area contributed by atoms with Crippen molar-refractivity contribution in [2.45, 2.75) is 20.0 Å². The lowest BCUT2D eigenvalue weighted by atomic mass is 10.3. The van der Waals surface area contributed by atoms with Gasteiger partial charge < -0.3 is 4.90 Å². The largest absolute Gasteiger partial charge is 0.406 e. The lowest BCUT2D eigenvalue weighted by Crippen LogP contribution is -2.38. The van der Waals surface area contributed by atoms with Gasteiger partial charge >= 0.3 is 6.18 Å². The number of carbonyl (C=O) groups excluding carboxylic acids is 1. The molecule has 0 saturated carbocycles. The average Bonchev–Trinajstić information content (AvgIpc) is 2.86. The van der Waals surface area contributed by atoms with Crippen LogP contribution >= 0.6 is 11.3 Å². The van der Waals surface area contributed by atoms with Gasteiger partial charge in [-0.15, -0.1) is 11.3 Å². The van der Waals surface area contributed by atoms with Gasteiger partial charge in [-0.05, 0) is 26.0 Å². The molecule has 0 aromatic carbocycles. The van der Waals surface area contributed by atoms with Crippen molar-refractivity contribution in [2.75, 3.05) is 13.1 Å². The number of amides is 1. The Labute approximate surface area is 129 Å². The number of carbonyl (C=O) groups is 1. The van der Waals surface area contributed by atoms with Crippen LogP contribution in [0, 0.1) is 6.92 Å². The van der Waals surface area contributed by atoms with Crippen LogP contribution in [0.25, 0.3) is 10.6 Å². The van der Waals surface area contributed by atoms with E-state index in [9.17, 15) is 18.0 Å². The Hall–Kier alpha value is -1.96. The Bertz CT molecular complexity index is 655. The highest BCUT2D eigenvalue weighted by atomic mass is 32.1. The predicted molar refractivity (Wildman–Crippen MR) is 77.7 cm³/mol. The summed E-state index contributed by atoms with van der Waals surface area (Å²) in [5, 5.41) is 0.567. The molecule has 0 fully saturated rings. The van der Waals surface area contributed by atoms with Crippen molar-refractivity contribution in [3.05, 3.63) is 35.1 Å². The fourth-order valence-corrected chi connectivity index (χ4v) is 2.92. The van der Waals surface area contributed by atoms with Gasteiger partial charge in [-0.25, -0.2) is 4.98 Å². The average molecular weight is 329 g/mol. The summed E-state index contributed by atoms with van der Waals surface area (Å²) in [7, 11) is 0. The van der Waals surface area contributed by atoms with E-state index < -0.39 is 18.6 Å². The zero-order valence-electron chi connectivity index (χ0n) is 12.0. The first-order valence-electron chi connectivity index (χ1n) is 6.55. The lowest BCUT2D eigenvalue weighted by Gasteiger charge is -2.21. The number of aryl methyl sites for hydroxylation is 1. The molecule has 0 spiro atoms. The molecule has 4 nitrogen and oxygen atoms in total. The number of hydrogen-bond acceptors (Lipinski definition) is 4. The van der Waals surface area contributed by atoms with Gasteiger partial charge in [-0.1, -0.05) is 0 Å². The minimum absolute atomic E-state index is 0.0160. The van der Waals surface area contributed by atoms with Gasteiger partial charge in [0, 0.05) is 24.5 Å². The van der Waals surface area contributed by atoms with Crippen LogP contribution in [0.2, 0.25) is 0 Å². The molecule has 0 aliphatic heterocycles. The molecule has 2 aromatic rings. The molecule has 0 radical (unpaired) electrons. The number of halogens is 3. The van der Waals surface area contributed by atoms with Gasteiger partial charge in [0.25, 0.3) is 5.91 Å². The van der Waals surface area contributed by atoms with E-state index in [-0.39, 0.29) is 11.4 Å². The number of rotatable bonds is 4.